The lowest BCUT2D eigenvalue weighted by Crippen LogP contribution is -2.37. The number of alkyl halides is 2. The topological polar surface area (TPSA) is 32.3 Å². The first kappa shape index (κ1) is 14.0. The summed E-state index contributed by atoms with van der Waals surface area (Å²) >= 11 is 0. The third-order valence-corrected chi connectivity index (χ3v) is 2.59. The summed E-state index contributed by atoms with van der Waals surface area (Å²) in [4.78, 5) is 0. The number of aliphatic hydroxyl groups is 1. The summed E-state index contributed by atoms with van der Waals surface area (Å²) in [7, 11) is 0. The summed E-state index contributed by atoms with van der Waals surface area (Å²) in [6.07, 6.45) is 0. The Balaban J connectivity index is 2.64. The summed E-state index contributed by atoms with van der Waals surface area (Å²) < 4.78 is 38.8. The molecule has 0 aromatic heterocycles. The molecule has 1 unspecified atom stereocenters. The molecule has 17 heavy (non-hydrogen) atoms. The number of hydrogen-bond acceptors (Lipinski definition) is 2. The average Bonchev–Trinajstić information content (AvgIpc) is 2.30. The van der Waals surface area contributed by atoms with Gasteiger partial charge in [0, 0.05) is 6.04 Å². The van der Waals surface area contributed by atoms with Crippen LogP contribution in [0.4, 0.5) is 13.2 Å². The van der Waals surface area contributed by atoms with Gasteiger partial charge >= 0.3 is 0 Å². The van der Waals surface area contributed by atoms with E-state index >= 15 is 0 Å². The lowest BCUT2D eigenvalue weighted by molar-refractivity contribution is -0.0490. The molecular formula is C12H16F3NO. The first-order chi connectivity index (χ1) is 7.85. The summed E-state index contributed by atoms with van der Waals surface area (Å²) in [6.45, 7) is 1.46. The largest absolute Gasteiger partial charge is 0.390 e. The van der Waals surface area contributed by atoms with Crippen molar-refractivity contribution in [2.45, 2.75) is 25.8 Å². The lowest BCUT2D eigenvalue weighted by Gasteiger charge is -2.19. The van der Waals surface area contributed by atoms with Gasteiger partial charge in [0.05, 0.1) is 6.54 Å². The normalized spacial score (nSPS) is 13.8. The van der Waals surface area contributed by atoms with Crippen LogP contribution in [0.3, 0.4) is 0 Å². The van der Waals surface area contributed by atoms with Crippen molar-refractivity contribution in [1.82, 2.24) is 5.32 Å². The van der Waals surface area contributed by atoms with Gasteiger partial charge in [0.2, 0.25) is 0 Å². The van der Waals surface area contributed by atoms with Crippen LogP contribution in [0.2, 0.25) is 0 Å². The molecule has 2 N–H and O–H groups in total. The Hall–Kier alpha value is -1.07. The molecular weight excluding hydrogens is 231 g/mol. The molecule has 0 aliphatic rings. The van der Waals surface area contributed by atoms with E-state index in [1.807, 2.05) is 0 Å². The standard InChI is InChI=1S/C12H16F3NO/c1-8-3-4-10(5-11(8)13)9(2)16-6-12(14,15)7-17/h3-5,9,16-17H,6-7H2,1-2H3. The SMILES string of the molecule is Cc1ccc(C(C)NCC(F)(F)CO)cc1F. The highest BCUT2D eigenvalue weighted by molar-refractivity contribution is 5.25. The third-order valence-electron chi connectivity index (χ3n) is 2.59. The minimum Gasteiger partial charge on any atom is -0.390 e. The van der Waals surface area contributed by atoms with E-state index in [0.29, 0.717) is 11.1 Å². The van der Waals surface area contributed by atoms with Crippen LogP contribution in [0.25, 0.3) is 0 Å². The second-order valence-electron chi connectivity index (χ2n) is 4.13. The Labute approximate surface area is 98.5 Å². The van der Waals surface area contributed by atoms with Gasteiger partial charge in [-0.15, -0.1) is 0 Å². The Kier molecular flexibility index (Phi) is 4.54. The summed E-state index contributed by atoms with van der Waals surface area (Å²) in [5, 5.41) is 11.0. The minimum atomic E-state index is -3.16. The van der Waals surface area contributed by atoms with E-state index in [-0.39, 0.29) is 5.82 Å². The maximum absolute atomic E-state index is 13.3. The quantitative estimate of drug-likeness (QED) is 0.837. The summed E-state index contributed by atoms with van der Waals surface area (Å²) in [5.74, 6) is -3.51. The third kappa shape index (κ3) is 4.02. The fourth-order valence-corrected chi connectivity index (χ4v) is 1.35. The van der Waals surface area contributed by atoms with Crippen LogP contribution < -0.4 is 5.32 Å². The van der Waals surface area contributed by atoms with E-state index in [2.05, 4.69) is 5.32 Å². The van der Waals surface area contributed by atoms with Gasteiger partial charge in [0.25, 0.3) is 5.92 Å². The van der Waals surface area contributed by atoms with Crippen molar-refractivity contribution in [1.29, 1.82) is 0 Å². The molecule has 1 aromatic rings. The van der Waals surface area contributed by atoms with E-state index in [1.165, 1.54) is 6.07 Å². The van der Waals surface area contributed by atoms with Gasteiger partial charge in [-0.05, 0) is 31.0 Å². The van der Waals surface area contributed by atoms with Gasteiger partial charge < -0.3 is 10.4 Å². The second-order valence-corrected chi connectivity index (χ2v) is 4.13. The van der Waals surface area contributed by atoms with Crippen molar-refractivity contribution in [2.24, 2.45) is 0 Å². The van der Waals surface area contributed by atoms with Crippen LogP contribution in [0.1, 0.15) is 24.1 Å². The number of hydrogen-bond donors (Lipinski definition) is 2. The molecule has 96 valence electrons. The van der Waals surface area contributed by atoms with E-state index in [0.717, 1.165) is 0 Å². The molecule has 0 saturated heterocycles. The molecule has 0 aliphatic carbocycles. The summed E-state index contributed by atoms with van der Waals surface area (Å²) in [5.41, 5.74) is 1.11. The molecule has 0 fully saturated rings. The first-order valence-corrected chi connectivity index (χ1v) is 5.34. The number of aliphatic hydroxyl groups excluding tert-OH is 1. The molecule has 1 atom stereocenters. The van der Waals surface area contributed by atoms with Gasteiger partial charge in [0.15, 0.2) is 0 Å². The Morgan fingerprint density at radius 2 is 2.06 bits per heavy atom. The molecule has 2 nitrogen and oxygen atoms in total. The van der Waals surface area contributed by atoms with Crippen molar-refractivity contribution in [3.05, 3.63) is 35.1 Å². The predicted octanol–water partition coefficient (Wildman–Crippen LogP) is 2.41. The summed E-state index contributed by atoms with van der Waals surface area (Å²) in [6, 6.07) is 4.21. The molecule has 0 spiro atoms. The van der Waals surface area contributed by atoms with Crippen molar-refractivity contribution in [2.75, 3.05) is 13.2 Å². The van der Waals surface area contributed by atoms with Crippen LogP contribution in [0.15, 0.2) is 18.2 Å². The van der Waals surface area contributed by atoms with Crippen molar-refractivity contribution >= 4 is 0 Å². The first-order valence-electron chi connectivity index (χ1n) is 5.34. The fourth-order valence-electron chi connectivity index (χ4n) is 1.35. The van der Waals surface area contributed by atoms with Crippen molar-refractivity contribution in [3.63, 3.8) is 0 Å². The van der Waals surface area contributed by atoms with Crippen molar-refractivity contribution < 1.29 is 18.3 Å². The Morgan fingerprint density at radius 1 is 1.41 bits per heavy atom. The zero-order valence-electron chi connectivity index (χ0n) is 9.80. The highest BCUT2D eigenvalue weighted by atomic mass is 19.3. The maximum atomic E-state index is 13.3. The van der Waals surface area contributed by atoms with E-state index in [1.54, 1.807) is 26.0 Å². The number of benzene rings is 1. The fraction of sp³-hybridized carbons (Fsp3) is 0.500. The zero-order chi connectivity index (χ0) is 13.1. The van der Waals surface area contributed by atoms with Crippen LogP contribution in [-0.4, -0.2) is 24.2 Å². The molecule has 1 aromatic carbocycles. The Bertz CT molecular complexity index is 382. The number of aryl methyl sites for hydroxylation is 1. The van der Waals surface area contributed by atoms with E-state index in [9.17, 15) is 13.2 Å². The maximum Gasteiger partial charge on any atom is 0.282 e. The van der Waals surface area contributed by atoms with Gasteiger partial charge in [-0.3, -0.25) is 0 Å². The molecule has 0 aliphatic heterocycles. The van der Waals surface area contributed by atoms with Crippen LogP contribution >= 0.6 is 0 Å². The van der Waals surface area contributed by atoms with Crippen LogP contribution in [-0.2, 0) is 0 Å². The van der Waals surface area contributed by atoms with E-state index < -0.39 is 25.1 Å². The average molecular weight is 247 g/mol. The number of rotatable bonds is 5. The monoisotopic (exact) mass is 247 g/mol. The van der Waals surface area contributed by atoms with Crippen molar-refractivity contribution in [3.8, 4) is 0 Å². The van der Waals surface area contributed by atoms with Crippen LogP contribution in [0.5, 0.6) is 0 Å². The van der Waals surface area contributed by atoms with Gasteiger partial charge in [-0.1, -0.05) is 12.1 Å². The van der Waals surface area contributed by atoms with Crippen LogP contribution in [0, 0.1) is 12.7 Å². The number of halogens is 3. The molecule has 0 saturated carbocycles. The Morgan fingerprint density at radius 3 is 2.59 bits per heavy atom. The number of nitrogens with one attached hydrogen (secondary N) is 1. The molecule has 5 heteroatoms. The molecule has 0 amide bonds. The zero-order valence-corrected chi connectivity index (χ0v) is 9.80. The molecule has 1 rings (SSSR count). The highest BCUT2D eigenvalue weighted by Crippen LogP contribution is 2.18. The molecule has 0 heterocycles. The second kappa shape index (κ2) is 5.51. The molecule has 0 radical (unpaired) electrons. The van der Waals surface area contributed by atoms with Gasteiger partial charge in [0.1, 0.15) is 12.4 Å². The predicted molar refractivity (Wildman–Crippen MR) is 59.6 cm³/mol. The lowest BCUT2D eigenvalue weighted by atomic mass is 10.1. The smallest absolute Gasteiger partial charge is 0.282 e. The van der Waals surface area contributed by atoms with Gasteiger partial charge in [-0.2, -0.15) is 0 Å². The minimum absolute atomic E-state index is 0.356. The molecule has 0 bridgehead atoms. The van der Waals surface area contributed by atoms with Gasteiger partial charge in [-0.25, -0.2) is 13.2 Å². The van der Waals surface area contributed by atoms with E-state index in [4.69, 9.17) is 5.11 Å². The highest BCUT2D eigenvalue weighted by Gasteiger charge is 2.27.